The number of nitrogens with zero attached hydrogens (tertiary/aromatic N) is 2. The standard InChI is InChI=1S/C19H34N4O2.HI/c1-5-20-18(21-13-16-12-17(15(2)3)23-25-16)22-14-19(10-11-24-4)8-6-7-9-19;/h12,15H,5-11,13-14H2,1-4H3,(H2,20,21,22);1H. The summed E-state index contributed by atoms with van der Waals surface area (Å²) in [6, 6.07) is 1.99. The predicted molar refractivity (Wildman–Crippen MR) is 116 cm³/mol. The quantitative estimate of drug-likeness (QED) is 0.318. The number of rotatable bonds is 9. The molecule has 1 aromatic heterocycles. The first-order chi connectivity index (χ1) is 12.1. The molecule has 0 atom stereocenters. The Kier molecular flexibility index (Phi) is 10.5. The number of guanidine groups is 1. The summed E-state index contributed by atoms with van der Waals surface area (Å²) in [5.74, 6) is 2.01. The van der Waals surface area contributed by atoms with Crippen molar-refractivity contribution in [1.29, 1.82) is 0 Å². The van der Waals surface area contributed by atoms with Crippen molar-refractivity contribution in [3.05, 3.63) is 17.5 Å². The Morgan fingerprint density at radius 2 is 2.08 bits per heavy atom. The minimum absolute atomic E-state index is 0. The van der Waals surface area contributed by atoms with E-state index in [0.717, 1.165) is 43.5 Å². The number of aliphatic imine (C=N–C) groups is 1. The van der Waals surface area contributed by atoms with Gasteiger partial charge < -0.3 is 19.9 Å². The molecule has 7 heteroatoms. The summed E-state index contributed by atoms with van der Waals surface area (Å²) in [5, 5.41) is 11.0. The van der Waals surface area contributed by atoms with Gasteiger partial charge in [-0.15, -0.1) is 24.0 Å². The normalized spacial score (nSPS) is 16.6. The highest BCUT2D eigenvalue weighted by atomic mass is 127. The lowest BCUT2D eigenvalue weighted by molar-refractivity contribution is 0.138. The van der Waals surface area contributed by atoms with Crippen LogP contribution in [-0.4, -0.2) is 37.9 Å². The van der Waals surface area contributed by atoms with E-state index in [-0.39, 0.29) is 24.0 Å². The zero-order valence-electron chi connectivity index (χ0n) is 16.6. The van der Waals surface area contributed by atoms with Crippen molar-refractivity contribution in [2.24, 2.45) is 10.4 Å². The van der Waals surface area contributed by atoms with Gasteiger partial charge in [0.15, 0.2) is 11.7 Å². The summed E-state index contributed by atoms with van der Waals surface area (Å²) >= 11 is 0. The van der Waals surface area contributed by atoms with E-state index in [1.165, 1.54) is 25.7 Å². The highest BCUT2D eigenvalue weighted by Gasteiger charge is 2.33. The fourth-order valence-corrected chi connectivity index (χ4v) is 3.40. The average molecular weight is 478 g/mol. The van der Waals surface area contributed by atoms with Gasteiger partial charge in [0.25, 0.3) is 0 Å². The van der Waals surface area contributed by atoms with E-state index in [1.807, 2.05) is 6.07 Å². The Balaban J connectivity index is 0.00000338. The molecule has 2 N–H and O–H groups in total. The molecular weight excluding hydrogens is 443 g/mol. The van der Waals surface area contributed by atoms with Gasteiger partial charge >= 0.3 is 0 Å². The lowest BCUT2D eigenvalue weighted by Gasteiger charge is -2.29. The zero-order chi connectivity index (χ0) is 18.1. The van der Waals surface area contributed by atoms with Gasteiger partial charge in [-0.3, -0.25) is 0 Å². The first-order valence-corrected chi connectivity index (χ1v) is 9.55. The summed E-state index contributed by atoms with van der Waals surface area (Å²) in [5.41, 5.74) is 1.32. The van der Waals surface area contributed by atoms with E-state index in [2.05, 4.69) is 41.6 Å². The molecule has 0 aromatic carbocycles. The van der Waals surface area contributed by atoms with Crippen LogP contribution in [0.15, 0.2) is 15.6 Å². The highest BCUT2D eigenvalue weighted by molar-refractivity contribution is 14.0. The summed E-state index contributed by atoms with van der Waals surface area (Å²) in [6.07, 6.45) is 6.27. The third-order valence-electron chi connectivity index (χ3n) is 5.04. The topological polar surface area (TPSA) is 71.7 Å². The van der Waals surface area contributed by atoms with E-state index in [9.17, 15) is 0 Å². The Hall–Kier alpha value is -0.830. The lowest BCUT2D eigenvalue weighted by atomic mass is 9.83. The molecule has 2 rings (SSSR count). The first kappa shape index (κ1) is 23.2. The molecule has 1 aliphatic carbocycles. The van der Waals surface area contributed by atoms with Crippen molar-refractivity contribution in [2.75, 3.05) is 26.8 Å². The van der Waals surface area contributed by atoms with Gasteiger partial charge in [-0.1, -0.05) is 31.8 Å². The molecule has 26 heavy (non-hydrogen) atoms. The summed E-state index contributed by atoms with van der Waals surface area (Å²) in [7, 11) is 1.78. The molecule has 150 valence electrons. The van der Waals surface area contributed by atoms with Gasteiger partial charge in [-0.25, -0.2) is 4.99 Å². The number of nitrogens with one attached hydrogen (secondary N) is 2. The summed E-state index contributed by atoms with van der Waals surface area (Å²) in [4.78, 5) is 4.66. The number of methoxy groups -OCH3 is 1. The predicted octanol–water partition coefficient (Wildman–Crippen LogP) is 4.07. The van der Waals surface area contributed by atoms with Crippen LogP contribution in [0, 0.1) is 5.41 Å². The molecular formula is C19H35IN4O2. The van der Waals surface area contributed by atoms with Crippen LogP contribution in [0.5, 0.6) is 0 Å². The lowest BCUT2D eigenvalue weighted by Crippen LogP contribution is -2.43. The minimum Gasteiger partial charge on any atom is -0.385 e. The second kappa shape index (κ2) is 11.8. The Morgan fingerprint density at radius 1 is 1.35 bits per heavy atom. The molecule has 0 bridgehead atoms. The summed E-state index contributed by atoms with van der Waals surface area (Å²) in [6.45, 7) is 9.40. The number of hydrogen-bond acceptors (Lipinski definition) is 4. The van der Waals surface area contributed by atoms with Crippen LogP contribution in [0.2, 0.25) is 0 Å². The second-order valence-corrected chi connectivity index (χ2v) is 7.37. The van der Waals surface area contributed by atoms with Crippen molar-refractivity contribution >= 4 is 29.9 Å². The molecule has 1 aromatic rings. The van der Waals surface area contributed by atoms with Crippen LogP contribution < -0.4 is 10.6 Å². The van der Waals surface area contributed by atoms with E-state index >= 15 is 0 Å². The molecule has 1 heterocycles. The first-order valence-electron chi connectivity index (χ1n) is 9.55. The third-order valence-corrected chi connectivity index (χ3v) is 5.04. The smallest absolute Gasteiger partial charge is 0.191 e. The number of aromatic nitrogens is 1. The molecule has 6 nitrogen and oxygen atoms in total. The van der Waals surface area contributed by atoms with Crippen molar-refractivity contribution in [2.45, 2.75) is 65.3 Å². The number of hydrogen-bond donors (Lipinski definition) is 2. The van der Waals surface area contributed by atoms with Crippen molar-refractivity contribution in [3.8, 4) is 0 Å². The fraction of sp³-hybridized carbons (Fsp3) is 0.789. The molecule has 0 spiro atoms. The maximum Gasteiger partial charge on any atom is 0.191 e. The zero-order valence-corrected chi connectivity index (χ0v) is 19.0. The fourth-order valence-electron chi connectivity index (χ4n) is 3.40. The van der Waals surface area contributed by atoms with Crippen LogP contribution in [0.3, 0.4) is 0 Å². The van der Waals surface area contributed by atoms with Crippen LogP contribution >= 0.6 is 24.0 Å². The summed E-state index contributed by atoms with van der Waals surface area (Å²) < 4.78 is 10.7. The minimum atomic E-state index is 0. The van der Waals surface area contributed by atoms with Gasteiger partial charge in [-0.2, -0.15) is 0 Å². The molecule has 1 fully saturated rings. The number of ether oxygens (including phenoxy) is 1. The van der Waals surface area contributed by atoms with Crippen LogP contribution in [-0.2, 0) is 11.3 Å². The molecule has 1 saturated carbocycles. The van der Waals surface area contributed by atoms with E-state index in [0.29, 0.717) is 17.9 Å². The Morgan fingerprint density at radius 3 is 2.65 bits per heavy atom. The second-order valence-electron chi connectivity index (χ2n) is 7.37. The van der Waals surface area contributed by atoms with Crippen molar-refractivity contribution in [1.82, 2.24) is 15.8 Å². The largest absolute Gasteiger partial charge is 0.385 e. The molecule has 0 aliphatic heterocycles. The average Bonchev–Trinajstić information content (AvgIpc) is 3.26. The Bertz CT molecular complexity index is 539. The SMILES string of the molecule is CCNC(=NCc1cc(C(C)C)no1)NCC1(CCOC)CCCC1.I. The van der Waals surface area contributed by atoms with Gasteiger partial charge in [-0.05, 0) is 37.5 Å². The monoisotopic (exact) mass is 478 g/mol. The van der Waals surface area contributed by atoms with E-state index in [4.69, 9.17) is 9.26 Å². The van der Waals surface area contributed by atoms with Crippen LogP contribution in [0.4, 0.5) is 0 Å². The van der Waals surface area contributed by atoms with Crippen LogP contribution in [0.25, 0.3) is 0 Å². The molecule has 0 amide bonds. The van der Waals surface area contributed by atoms with Gasteiger partial charge in [0.2, 0.25) is 0 Å². The van der Waals surface area contributed by atoms with Gasteiger partial charge in [0.05, 0.1) is 5.69 Å². The van der Waals surface area contributed by atoms with Crippen molar-refractivity contribution < 1.29 is 9.26 Å². The van der Waals surface area contributed by atoms with E-state index in [1.54, 1.807) is 7.11 Å². The maximum absolute atomic E-state index is 5.38. The van der Waals surface area contributed by atoms with E-state index < -0.39 is 0 Å². The van der Waals surface area contributed by atoms with Gasteiger partial charge in [0, 0.05) is 32.9 Å². The molecule has 0 radical (unpaired) electrons. The van der Waals surface area contributed by atoms with Gasteiger partial charge in [0.1, 0.15) is 6.54 Å². The van der Waals surface area contributed by atoms with Crippen molar-refractivity contribution in [3.63, 3.8) is 0 Å². The Labute approximate surface area is 174 Å². The molecule has 1 aliphatic rings. The van der Waals surface area contributed by atoms with Crippen LogP contribution in [0.1, 0.15) is 70.2 Å². The molecule has 0 unspecified atom stereocenters. The maximum atomic E-state index is 5.38. The molecule has 0 saturated heterocycles. The third kappa shape index (κ3) is 7.06. The highest BCUT2D eigenvalue weighted by Crippen LogP contribution is 2.40. The number of halogens is 1.